The van der Waals surface area contributed by atoms with E-state index >= 15 is 0 Å². The highest BCUT2D eigenvalue weighted by Crippen LogP contribution is 2.33. The molecular formula is C16H25ClN2O3. The maximum atomic E-state index is 12.0. The zero-order chi connectivity index (χ0) is 16.7. The molecule has 2 unspecified atom stereocenters. The predicted molar refractivity (Wildman–Crippen MR) is 89.7 cm³/mol. The van der Waals surface area contributed by atoms with Gasteiger partial charge < -0.3 is 20.5 Å². The molecule has 1 aromatic carbocycles. The predicted octanol–water partition coefficient (Wildman–Crippen LogP) is 3.66. The Morgan fingerprint density at radius 2 is 2.00 bits per heavy atom. The summed E-state index contributed by atoms with van der Waals surface area (Å²) >= 11 is 6.12. The van der Waals surface area contributed by atoms with Gasteiger partial charge in [-0.1, -0.05) is 24.6 Å². The number of ether oxygens (including phenoxy) is 1. The van der Waals surface area contributed by atoms with Gasteiger partial charge in [-0.3, -0.25) is 0 Å². The van der Waals surface area contributed by atoms with Crippen molar-refractivity contribution >= 4 is 23.3 Å². The monoisotopic (exact) mass is 328 g/mol. The van der Waals surface area contributed by atoms with E-state index in [-0.39, 0.29) is 24.2 Å². The molecule has 0 saturated heterocycles. The van der Waals surface area contributed by atoms with Gasteiger partial charge in [-0.2, -0.15) is 0 Å². The molecular weight excluding hydrogens is 304 g/mol. The van der Waals surface area contributed by atoms with E-state index in [1.54, 1.807) is 25.1 Å². The van der Waals surface area contributed by atoms with E-state index in [2.05, 4.69) is 10.6 Å². The molecule has 1 aromatic rings. The van der Waals surface area contributed by atoms with Crippen LogP contribution in [0.5, 0.6) is 5.75 Å². The van der Waals surface area contributed by atoms with E-state index in [0.717, 1.165) is 0 Å². The number of anilines is 1. The normalized spacial score (nSPS) is 13.6. The first-order chi connectivity index (χ1) is 10.3. The van der Waals surface area contributed by atoms with Crippen molar-refractivity contribution in [3.8, 4) is 5.75 Å². The van der Waals surface area contributed by atoms with Crippen LogP contribution in [-0.2, 0) is 0 Å². The molecule has 3 N–H and O–H groups in total. The van der Waals surface area contributed by atoms with Gasteiger partial charge in [0.1, 0.15) is 0 Å². The fraction of sp³-hybridized carbons (Fsp3) is 0.562. The fourth-order valence-corrected chi connectivity index (χ4v) is 2.28. The number of carbonyl (C=O) groups excluding carboxylic acids is 1. The van der Waals surface area contributed by atoms with E-state index in [0.29, 0.717) is 29.4 Å². The van der Waals surface area contributed by atoms with Crippen molar-refractivity contribution in [3.05, 3.63) is 23.2 Å². The molecule has 1 rings (SSSR count). The maximum absolute atomic E-state index is 12.0. The Kier molecular flexibility index (Phi) is 7.48. The topological polar surface area (TPSA) is 70.6 Å². The van der Waals surface area contributed by atoms with Crippen LogP contribution in [0.25, 0.3) is 0 Å². The average molecular weight is 329 g/mol. The summed E-state index contributed by atoms with van der Waals surface area (Å²) in [6.45, 7) is 7.98. The van der Waals surface area contributed by atoms with Gasteiger partial charge in [-0.05, 0) is 45.2 Å². The zero-order valence-corrected chi connectivity index (χ0v) is 14.3. The molecule has 0 radical (unpaired) electrons. The van der Waals surface area contributed by atoms with Crippen LogP contribution in [0.4, 0.5) is 10.5 Å². The minimum absolute atomic E-state index is 0.0467. The molecule has 2 atom stereocenters. The Bertz CT molecular complexity index is 492. The number of hydrogen-bond acceptors (Lipinski definition) is 3. The second kappa shape index (κ2) is 8.86. The number of nitrogens with one attached hydrogen (secondary N) is 2. The summed E-state index contributed by atoms with van der Waals surface area (Å²) < 4.78 is 5.65. The molecule has 2 amide bonds. The van der Waals surface area contributed by atoms with Crippen LogP contribution in [0.3, 0.4) is 0 Å². The molecule has 0 heterocycles. The lowest BCUT2D eigenvalue weighted by molar-refractivity contribution is 0.163. The van der Waals surface area contributed by atoms with E-state index in [1.165, 1.54) is 0 Å². The van der Waals surface area contributed by atoms with Gasteiger partial charge in [-0.25, -0.2) is 4.79 Å². The van der Waals surface area contributed by atoms with Gasteiger partial charge in [0, 0.05) is 6.54 Å². The van der Waals surface area contributed by atoms with E-state index in [9.17, 15) is 9.90 Å². The molecule has 0 bridgehead atoms. The van der Waals surface area contributed by atoms with Crippen LogP contribution in [0.1, 0.15) is 34.1 Å². The molecule has 5 nitrogen and oxygen atoms in total. The van der Waals surface area contributed by atoms with E-state index < -0.39 is 0 Å². The van der Waals surface area contributed by atoms with Crippen molar-refractivity contribution in [2.24, 2.45) is 5.92 Å². The van der Waals surface area contributed by atoms with Crippen molar-refractivity contribution in [2.75, 3.05) is 11.9 Å². The molecule has 0 aromatic heterocycles. The van der Waals surface area contributed by atoms with Crippen LogP contribution in [0.2, 0.25) is 5.02 Å². The summed E-state index contributed by atoms with van der Waals surface area (Å²) in [5, 5.41) is 15.3. The number of carbonyl (C=O) groups is 1. The Labute approximate surface area is 137 Å². The van der Waals surface area contributed by atoms with Crippen molar-refractivity contribution in [1.29, 1.82) is 0 Å². The van der Waals surface area contributed by atoms with Gasteiger partial charge in [-0.15, -0.1) is 0 Å². The standard InChI is InChI=1S/C16H25ClN2O3/c1-10(2)22-15-13(17)6-5-7-14(15)19-16(21)18-9-11(3)8-12(4)20/h5-7,10-12,20H,8-9H2,1-4H3,(H2,18,19,21). The minimum Gasteiger partial charge on any atom is -0.487 e. The van der Waals surface area contributed by atoms with Crippen molar-refractivity contribution in [2.45, 2.75) is 46.3 Å². The number of halogens is 1. The lowest BCUT2D eigenvalue weighted by Gasteiger charge is -2.18. The Morgan fingerprint density at radius 3 is 2.59 bits per heavy atom. The maximum Gasteiger partial charge on any atom is 0.319 e. The van der Waals surface area contributed by atoms with Crippen LogP contribution in [-0.4, -0.2) is 29.9 Å². The van der Waals surface area contributed by atoms with Crippen molar-refractivity contribution in [1.82, 2.24) is 5.32 Å². The summed E-state index contributed by atoms with van der Waals surface area (Å²) in [6.07, 6.45) is 0.215. The Balaban J connectivity index is 2.62. The van der Waals surface area contributed by atoms with Crippen LogP contribution in [0, 0.1) is 5.92 Å². The average Bonchev–Trinajstić information content (AvgIpc) is 2.39. The number of aliphatic hydroxyl groups excluding tert-OH is 1. The Morgan fingerprint density at radius 1 is 1.32 bits per heavy atom. The van der Waals surface area contributed by atoms with Crippen LogP contribution >= 0.6 is 11.6 Å². The van der Waals surface area contributed by atoms with Gasteiger partial charge in [0.25, 0.3) is 0 Å². The van der Waals surface area contributed by atoms with Gasteiger partial charge in [0.05, 0.1) is 22.9 Å². The fourth-order valence-electron chi connectivity index (χ4n) is 2.06. The highest BCUT2D eigenvalue weighted by Gasteiger charge is 2.13. The lowest BCUT2D eigenvalue weighted by atomic mass is 10.1. The van der Waals surface area contributed by atoms with Crippen molar-refractivity contribution < 1.29 is 14.6 Å². The molecule has 22 heavy (non-hydrogen) atoms. The molecule has 0 aliphatic carbocycles. The smallest absolute Gasteiger partial charge is 0.319 e. The number of para-hydroxylation sites is 1. The first kappa shape index (κ1) is 18.6. The first-order valence-corrected chi connectivity index (χ1v) is 7.85. The third-order valence-corrected chi connectivity index (χ3v) is 3.22. The highest BCUT2D eigenvalue weighted by molar-refractivity contribution is 6.32. The largest absolute Gasteiger partial charge is 0.487 e. The summed E-state index contributed by atoms with van der Waals surface area (Å²) in [6, 6.07) is 4.88. The lowest BCUT2D eigenvalue weighted by Crippen LogP contribution is -2.33. The SMILES string of the molecule is CC(O)CC(C)CNC(=O)Nc1cccc(Cl)c1OC(C)C. The van der Waals surface area contributed by atoms with Crippen molar-refractivity contribution in [3.63, 3.8) is 0 Å². The number of aliphatic hydroxyl groups is 1. The molecule has 0 aliphatic rings. The number of benzene rings is 1. The number of amides is 2. The zero-order valence-electron chi connectivity index (χ0n) is 13.5. The Hall–Kier alpha value is -1.46. The number of rotatable bonds is 7. The summed E-state index contributed by atoms with van der Waals surface area (Å²) in [4.78, 5) is 12.0. The van der Waals surface area contributed by atoms with Crippen LogP contribution < -0.4 is 15.4 Å². The summed E-state index contributed by atoms with van der Waals surface area (Å²) in [5.74, 6) is 0.655. The van der Waals surface area contributed by atoms with Crippen LogP contribution in [0.15, 0.2) is 18.2 Å². The molecule has 6 heteroatoms. The summed E-state index contributed by atoms with van der Waals surface area (Å²) in [7, 11) is 0. The molecule has 124 valence electrons. The highest BCUT2D eigenvalue weighted by atomic mass is 35.5. The van der Waals surface area contributed by atoms with Gasteiger partial charge in [0.15, 0.2) is 5.75 Å². The molecule has 0 saturated carbocycles. The van der Waals surface area contributed by atoms with E-state index in [4.69, 9.17) is 16.3 Å². The second-order valence-corrected chi connectivity index (χ2v) is 6.22. The van der Waals surface area contributed by atoms with E-state index in [1.807, 2.05) is 20.8 Å². The third-order valence-electron chi connectivity index (χ3n) is 2.92. The quantitative estimate of drug-likeness (QED) is 0.715. The number of hydrogen-bond donors (Lipinski definition) is 3. The minimum atomic E-state index is -0.376. The molecule has 0 aliphatic heterocycles. The molecule has 0 spiro atoms. The third kappa shape index (κ3) is 6.54. The number of urea groups is 1. The van der Waals surface area contributed by atoms with Gasteiger partial charge >= 0.3 is 6.03 Å². The second-order valence-electron chi connectivity index (χ2n) is 5.81. The first-order valence-electron chi connectivity index (χ1n) is 7.47. The molecule has 0 fully saturated rings. The summed E-state index contributed by atoms with van der Waals surface area (Å²) in [5.41, 5.74) is 0.530. The van der Waals surface area contributed by atoms with Gasteiger partial charge in [0.2, 0.25) is 0 Å².